The monoisotopic (exact) mass is 225 g/mol. The summed E-state index contributed by atoms with van der Waals surface area (Å²) in [6.45, 7) is 0. The standard InChI is InChI=1S/C11H7N5O/c12-16-15-9-3-1-8(2-4-9)11(17)10-7-13-5-6-14-10/h1-7H. The first-order chi connectivity index (χ1) is 8.31. The van der Waals surface area contributed by atoms with Crippen molar-refractivity contribution in [3.8, 4) is 0 Å². The summed E-state index contributed by atoms with van der Waals surface area (Å²) < 4.78 is 0. The van der Waals surface area contributed by atoms with E-state index < -0.39 is 0 Å². The van der Waals surface area contributed by atoms with Crippen LogP contribution in [0.15, 0.2) is 48.0 Å². The fourth-order valence-electron chi connectivity index (χ4n) is 1.30. The minimum Gasteiger partial charge on any atom is -0.287 e. The van der Waals surface area contributed by atoms with Gasteiger partial charge in [0.2, 0.25) is 5.78 Å². The lowest BCUT2D eigenvalue weighted by Gasteiger charge is -1.99. The van der Waals surface area contributed by atoms with E-state index in [1.807, 2.05) is 0 Å². The highest BCUT2D eigenvalue weighted by atomic mass is 16.1. The van der Waals surface area contributed by atoms with E-state index >= 15 is 0 Å². The normalized spacial score (nSPS) is 9.41. The lowest BCUT2D eigenvalue weighted by molar-refractivity contribution is 0.103. The summed E-state index contributed by atoms with van der Waals surface area (Å²) in [4.78, 5) is 22.3. The second-order valence-corrected chi connectivity index (χ2v) is 3.16. The number of carbonyl (C=O) groups excluding carboxylic acids is 1. The average Bonchev–Trinajstić information content (AvgIpc) is 2.40. The lowest BCUT2D eigenvalue weighted by Crippen LogP contribution is -2.03. The molecule has 1 aromatic heterocycles. The molecule has 0 aliphatic carbocycles. The van der Waals surface area contributed by atoms with Gasteiger partial charge in [0.1, 0.15) is 5.69 Å². The SMILES string of the molecule is [N-]=[N+]=Nc1ccc(C(=O)c2cnccn2)cc1. The summed E-state index contributed by atoms with van der Waals surface area (Å²) in [5, 5.41) is 3.42. The Bertz CT molecular complexity index is 573. The zero-order valence-corrected chi connectivity index (χ0v) is 8.69. The number of nitrogens with zero attached hydrogens (tertiary/aromatic N) is 5. The Hall–Kier alpha value is -2.72. The molecular weight excluding hydrogens is 218 g/mol. The Morgan fingerprint density at radius 3 is 2.59 bits per heavy atom. The van der Waals surface area contributed by atoms with Crippen molar-refractivity contribution in [2.75, 3.05) is 0 Å². The molecule has 0 aliphatic heterocycles. The number of rotatable bonds is 3. The molecule has 2 rings (SSSR count). The Kier molecular flexibility index (Phi) is 3.09. The Morgan fingerprint density at radius 2 is 2.00 bits per heavy atom. The molecule has 82 valence electrons. The highest BCUT2D eigenvalue weighted by Crippen LogP contribution is 2.14. The largest absolute Gasteiger partial charge is 0.287 e. The lowest BCUT2D eigenvalue weighted by atomic mass is 10.1. The second kappa shape index (κ2) is 4.87. The maximum Gasteiger partial charge on any atom is 0.212 e. The maximum absolute atomic E-state index is 11.9. The molecule has 0 amide bonds. The van der Waals surface area contributed by atoms with Gasteiger partial charge in [-0.15, -0.1) is 0 Å². The van der Waals surface area contributed by atoms with Crippen LogP contribution < -0.4 is 0 Å². The van der Waals surface area contributed by atoms with Crippen LogP contribution in [0, 0.1) is 0 Å². The van der Waals surface area contributed by atoms with Crippen LogP contribution in [0.1, 0.15) is 16.1 Å². The van der Waals surface area contributed by atoms with E-state index in [9.17, 15) is 4.79 Å². The summed E-state index contributed by atoms with van der Waals surface area (Å²) in [6, 6.07) is 6.31. The number of carbonyl (C=O) groups is 1. The van der Waals surface area contributed by atoms with Crippen molar-refractivity contribution in [1.29, 1.82) is 0 Å². The average molecular weight is 225 g/mol. The van der Waals surface area contributed by atoms with Crippen molar-refractivity contribution in [2.45, 2.75) is 0 Å². The number of aromatic nitrogens is 2. The first kappa shape index (κ1) is 10.8. The molecule has 17 heavy (non-hydrogen) atoms. The number of hydrogen-bond donors (Lipinski definition) is 0. The molecule has 1 aromatic carbocycles. The van der Waals surface area contributed by atoms with Crippen LogP contribution in [-0.2, 0) is 0 Å². The van der Waals surface area contributed by atoms with Gasteiger partial charge in [0.25, 0.3) is 0 Å². The highest BCUT2D eigenvalue weighted by molar-refractivity contribution is 6.07. The Labute approximate surface area is 96.6 Å². The molecule has 0 saturated carbocycles. The fourth-order valence-corrected chi connectivity index (χ4v) is 1.30. The minimum absolute atomic E-state index is 0.217. The predicted octanol–water partition coefficient (Wildman–Crippen LogP) is 2.65. The van der Waals surface area contributed by atoms with E-state index in [0.29, 0.717) is 11.3 Å². The third-order valence-corrected chi connectivity index (χ3v) is 2.09. The van der Waals surface area contributed by atoms with Crippen LogP contribution >= 0.6 is 0 Å². The van der Waals surface area contributed by atoms with E-state index in [0.717, 1.165) is 0 Å². The zero-order valence-electron chi connectivity index (χ0n) is 8.69. The predicted molar refractivity (Wildman–Crippen MR) is 60.7 cm³/mol. The second-order valence-electron chi connectivity index (χ2n) is 3.16. The topological polar surface area (TPSA) is 91.6 Å². The van der Waals surface area contributed by atoms with Gasteiger partial charge in [-0.1, -0.05) is 29.4 Å². The smallest absolute Gasteiger partial charge is 0.212 e. The summed E-state index contributed by atoms with van der Waals surface area (Å²) >= 11 is 0. The molecule has 0 spiro atoms. The molecule has 0 aliphatic rings. The van der Waals surface area contributed by atoms with Gasteiger partial charge in [0.15, 0.2) is 0 Å². The summed E-state index contributed by atoms with van der Waals surface area (Å²) in [5.74, 6) is -0.217. The molecule has 0 radical (unpaired) electrons. The minimum atomic E-state index is -0.217. The van der Waals surface area contributed by atoms with Crippen molar-refractivity contribution >= 4 is 11.5 Å². The van der Waals surface area contributed by atoms with Crippen LogP contribution in [0.4, 0.5) is 5.69 Å². The van der Waals surface area contributed by atoms with Crippen molar-refractivity contribution in [3.63, 3.8) is 0 Å². The van der Waals surface area contributed by atoms with E-state index in [4.69, 9.17) is 5.53 Å². The van der Waals surface area contributed by atoms with Gasteiger partial charge in [0.05, 0.1) is 6.20 Å². The number of ketones is 1. The molecule has 1 heterocycles. The zero-order chi connectivity index (χ0) is 12.1. The van der Waals surface area contributed by atoms with Crippen molar-refractivity contribution in [3.05, 3.63) is 64.6 Å². The van der Waals surface area contributed by atoms with Crippen molar-refractivity contribution in [1.82, 2.24) is 9.97 Å². The van der Waals surface area contributed by atoms with Gasteiger partial charge >= 0.3 is 0 Å². The molecule has 0 N–H and O–H groups in total. The maximum atomic E-state index is 11.9. The van der Waals surface area contributed by atoms with Crippen LogP contribution in [0.5, 0.6) is 0 Å². The van der Waals surface area contributed by atoms with Gasteiger partial charge in [0, 0.05) is 28.6 Å². The summed E-state index contributed by atoms with van der Waals surface area (Å²) in [5.41, 5.74) is 9.47. The highest BCUT2D eigenvalue weighted by Gasteiger charge is 2.09. The molecule has 0 unspecified atom stereocenters. The first-order valence-corrected chi connectivity index (χ1v) is 4.77. The van der Waals surface area contributed by atoms with E-state index in [1.165, 1.54) is 18.6 Å². The molecule has 6 nitrogen and oxygen atoms in total. The van der Waals surface area contributed by atoms with Crippen LogP contribution in [0.2, 0.25) is 0 Å². The van der Waals surface area contributed by atoms with Crippen LogP contribution in [0.25, 0.3) is 10.4 Å². The van der Waals surface area contributed by atoms with Crippen molar-refractivity contribution < 1.29 is 4.79 Å². The van der Waals surface area contributed by atoms with Gasteiger partial charge < -0.3 is 0 Å². The van der Waals surface area contributed by atoms with Crippen LogP contribution in [-0.4, -0.2) is 15.8 Å². The molecular formula is C11H7N5O. The quantitative estimate of drug-likeness (QED) is 0.348. The number of hydrogen-bond acceptors (Lipinski definition) is 4. The third kappa shape index (κ3) is 2.45. The van der Waals surface area contributed by atoms with Crippen molar-refractivity contribution in [2.24, 2.45) is 5.11 Å². The first-order valence-electron chi connectivity index (χ1n) is 4.77. The number of benzene rings is 1. The van der Waals surface area contributed by atoms with Gasteiger partial charge in [-0.05, 0) is 5.53 Å². The Balaban J connectivity index is 2.29. The molecule has 0 bridgehead atoms. The molecule has 6 heteroatoms. The molecule has 2 aromatic rings. The summed E-state index contributed by atoms with van der Waals surface area (Å²) in [6.07, 6.45) is 4.37. The van der Waals surface area contributed by atoms with E-state index in [1.54, 1.807) is 24.3 Å². The summed E-state index contributed by atoms with van der Waals surface area (Å²) in [7, 11) is 0. The number of azide groups is 1. The third-order valence-electron chi connectivity index (χ3n) is 2.09. The fraction of sp³-hybridized carbons (Fsp3) is 0. The molecule has 0 atom stereocenters. The van der Waals surface area contributed by atoms with Gasteiger partial charge in [-0.25, -0.2) is 4.98 Å². The Morgan fingerprint density at radius 1 is 1.24 bits per heavy atom. The van der Waals surface area contributed by atoms with E-state index in [-0.39, 0.29) is 11.5 Å². The molecule has 0 saturated heterocycles. The van der Waals surface area contributed by atoms with Gasteiger partial charge in [-0.3, -0.25) is 9.78 Å². The van der Waals surface area contributed by atoms with Gasteiger partial charge in [-0.2, -0.15) is 0 Å². The van der Waals surface area contributed by atoms with Crippen LogP contribution in [0.3, 0.4) is 0 Å². The molecule has 0 fully saturated rings. The van der Waals surface area contributed by atoms with E-state index in [2.05, 4.69) is 20.0 Å².